The van der Waals surface area contributed by atoms with Crippen LogP contribution in [-0.2, 0) is 23.0 Å². The molecular formula is C12H16BrNO3S. The number of benzene rings is 1. The van der Waals surface area contributed by atoms with Gasteiger partial charge in [-0.05, 0) is 31.5 Å². The topological polar surface area (TPSA) is 55.4 Å². The molecule has 0 atom stereocenters. The van der Waals surface area contributed by atoms with Crippen LogP contribution in [0.2, 0.25) is 0 Å². The van der Waals surface area contributed by atoms with Crippen molar-refractivity contribution in [2.24, 2.45) is 0 Å². The molecule has 1 aromatic rings. The average Bonchev–Trinajstić information content (AvgIpc) is 2.73. The third-order valence-electron chi connectivity index (χ3n) is 2.91. The van der Waals surface area contributed by atoms with Crippen molar-refractivity contribution >= 4 is 26.0 Å². The molecule has 0 radical (unpaired) electrons. The summed E-state index contributed by atoms with van der Waals surface area (Å²) in [5.41, 5.74) is 2.00. The van der Waals surface area contributed by atoms with E-state index in [-0.39, 0.29) is 6.54 Å². The van der Waals surface area contributed by atoms with Crippen LogP contribution in [0, 0.1) is 0 Å². The Labute approximate surface area is 116 Å². The number of fused-ring (bicyclic) bond motifs is 1. The van der Waals surface area contributed by atoms with Crippen LogP contribution in [0.1, 0.15) is 25.0 Å². The van der Waals surface area contributed by atoms with Crippen molar-refractivity contribution in [2.45, 2.75) is 32.1 Å². The van der Waals surface area contributed by atoms with E-state index < -0.39 is 15.3 Å². The van der Waals surface area contributed by atoms with E-state index >= 15 is 0 Å². The Kier molecular flexibility index (Phi) is 3.99. The Morgan fingerprint density at radius 2 is 2.17 bits per heavy atom. The van der Waals surface area contributed by atoms with Crippen molar-refractivity contribution < 1.29 is 13.2 Å². The first-order valence-electron chi connectivity index (χ1n) is 5.83. The molecule has 0 aliphatic carbocycles. The summed E-state index contributed by atoms with van der Waals surface area (Å²) in [6, 6.07) is 3.91. The van der Waals surface area contributed by atoms with E-state index in [2.05, 4.69) is 20.7 Å². The third kappa shape index (κ3) is 2.87. The molecule has 4 nitrogen and oxygen atoms in total. The summed E-state index contributed by atoms with van der Waals surface area (Å²) in [5.74, 6) is 0.824. The zero-order chi connectivity index (χ0) is 13.3. The summed E-state index contributed by atoms with van der Waals surface area (Å²) in [5, 5.41) is -0.432. The number of ether oxygens (including phenoxy) is 1. The van der Waals surface area contributed by atoms with Gasteiger partial charge in [0, 0.05) is 23.0 Å². The van der Waals surface area contributed by atoms with Gasteiger partial charge in [-0.25, -0.2) is 13.1 Å². The Hall–Kier alpha value is -0.590. The standard InChI is InChI=1S/C12H16BrNO3S/c1-8(2)18(15,16)14-7-10-6-11(13)5-9-3-4-17-12(9)10/h5-6,8,14H,3-4,7H2,1-2H3. The number of hydrogen-bond acceptors (Lipinski definition) is 3. The molecule has 0 amide bonds. The van der Waals surface area contributed by atoms with Gasteiger partial charge >= 0.3 is 0 Å². The summed E-state index contributed by atoms with van der Waals surface area (Å²) >= 11 is 3.43. The van der Waals surface area contributed by atoms with Crippen molar-refractivity contribution in [2.75, 3.05) is 6.61 Å². The Morgan fingerprint density at radius 1 is 1.44 bits per heavy atom. The normalized spacial score (nSPS) is 14.7. The highest BCUT2D eigenvalue weighted by Gasteiger charge is 2.20. The maximum atomic E-state index is 11.7. The van der Waals surface area contributed by atoms with Gasteiger partial charge in [0.25, 0.3) is 0 Å². The van der Waals surface area contributed by atoms with Gasteiger partial charge in [-0.2, -0.15) is 0 Å². The lowest BCUT2D eigenvalue weighted by atomic mass is 10.1. The van der Waals surface area contributed by atoms with Gasteiger partial charge in [-0.1, -0.05) is 15.9 Å². The van der Waals surface area contributed by atoms with E-state index in [1.807, 2.05) is 12.1 Å². The molecule has 0 fully saturated rings. The van der Waals surface area contributed by atoms with Crippen molar-refractivity contribution in [3.05, 3.63) is 27.7 Å². The average molecular weight is 334 g/mol. The summed E-state index contributed by atoms with van der Waals surface area (Å²) < 4.78 is 32.6. The van der Waals surface area contributed by atoms with E-state index in [4.69, 9.17) is 4.74 Å². The van der Waals surface area contributed by atoms with Gasteiger partial charge in [-0.3, -0.25) is 0 Å². The molecule has 0 bridgehead atoms. The molecule has 0 unspecified atom stereocenters. The number of hydrogen-bond donors (Lipinski definition) is 1. The second-order valence-corrected chi connectivity index (χ2v) is 7.80. The van der Waals surface area contributed by atoms with Gasteiger partial charge in [-0.15, -0.1) is 0 Å². The molecule has 0 saturated heterocycles. The lowest BCUT2D eigenvalue weighted by Gasteiger charge is -2.12. The molecule has 0 spiro atoms. The number of nitrogens with one attached hydrogen (secondary N) is 1. The summed E-state index contributed by atoms with van der Waals surface area (Å²) in [7, 11) is -3.25. The Balaban J connectivity index is 2.21. The smallest absolute Gasteiger partial charge is 0.214 e. The predicted molar refractivity (Wildman–Crippen MR) is 74.2 cm³/mol. The molecule has 0 saturated carbocycles. The highest BCUT2D eigenvalue weighted by atomic mass is 79.9. The molecule has 1 N–H and O–H groups in total. The van der Waals surface area contributed by atoms with E-state index in [1.54, 1.807) is 13.8 Å². The molecule has 1 aliphatic heterocycles. The van der Waals surface area contributed by atoms with Crippen molar-refractivity contribution in [3.8, 4) is 5.75 Å². The molecule has 1 aromatic carbocycles. The first kappa shape index (κ1) is 13.8. The molecule has 2 rings (SSSR count). The monoisotopic (exact) mass is 333 g/mol. The summed E-state index contributed by atoms with van der Waals surface area (Å²) in [6.07, 6.45) is 0.874. The third-order valence-corrected chi connectivity index (χ3v) is 5.16. The highest BCUT2D eigenvalue weighted by molar-refractivity contribution is 9.10. The van der Waals surface area contributed by atoms with Crippen LogP contribution in [0.4, 0.5) is 0 Å². The fourth-order valence-electron chi connectivity index (χ4n) is 1.82. The van der Waals surface area contributed by atoms with Crippen molar-refractivity contribution in [1.29, 1.82) is 0 Å². The quantitative estimate of drug-likeness (QED) is 0.919. The van der Waals surface area contributed by atoms with Gasteiger partial charge in [0.05, 0.1) is 11.9 Å². The molecule has 6 heteroatoms. The molecular weight excluding hydrogens is 318 g/mol. The molecule has 100 valence electrons. The highest BCUT2D eigenvalue weighted by Crippen LogP contribution is 2.32. The molecule has 18 heavy (non-hydrogen) atoms. The molecule has 1 aliphatic rings. The lowest BCUT2D eigenvalue weighted by Crippen LogP contribution is -2.30. The van der Waals surface area contributed by atoms with Crippen LogP contribution in [0.25, 0.3) is 0 Å². The van der Waals surface area contributed by atoms with Crippen LogP contribution >= 0.6 is 15.9 Å². The first-order valence-corrected chi connectivity index (χ1v) is 8.16. The summed E-state index contributed by atoms with van der Waals surface area (Å²) in [6.45, 7) is 4.24. The SMILES string of the molecule is CC(C)S(=O)(=O)NCc1cc(Br)cc2c1OCC2. The first-order chi connectivity index (χ1) is 8.40. The number of rotatable bonds is 4. The van der Waals surface area contributed by atoms with Crippen molar-refractivity contribution in [3.63, 3.8) is 0 Å². The van der Waals surface area contributed by atoms with Gasteiger partial charge in [0.1, 0.15) is 5.75 Å². The number of sulfonamides is 1. The minimum Gasteiger partial charge on any atom is -0.493 e. The van der Waals surface area contributed by atoms with E-state index in [0.29, 0.717) is 6.61 Å². The number of halogens is 1. The zero-order valence-corrected chi connectivity index (χ0v) is 12.8. The maximum absolute atomic E-state index is 11.7. The van der Waals surface area contributed by atoms with Crippen molar-refractivity contribution in [1.82, 2.24) is 4.72 Å². The second-order valence-electron chi connectivity index (χ2n) is 4.57. The van der Waals surface area contributed by atoms with Crippen LogP contribution < -0.4 is 9.46 Å². The molecule has 1 heterocycles. The predicted octanol–water partition coefficient (Wildman–Crippen LogP) is 2.21. The minimum atomic E-state index is -3.25. The fraction of sp³-hybridized carbons (Fsp3) is 0.500. The van der Waals surface area contributed by atoms with Gasteiger partial charge in [0.15, 0.2) is 0 Å². The summed E-state index contributed by atoms with van der Waals surface area (Å²) in [4.78, 5) is 0. The van der Waals surface area contributed by atoms with Crippen LogP contribution in [0.3, 0.4) is 0 Å². The van der Waals surface area contributed by atoms with Gasteiger partial charge in [0.2, 0.25) is 10.0 Å². The van der Waals surface area contributed by atoms with Crippen LogP contribution in [0.5, 0.6) is 5.75 Å². The fourth-order valence-corrected chi connectivity index (χ4v) is 3.07. The Bertz CT molecular complexity index is 555. The van der Waals surface area contributed by atoms with Crippen LogP contribution in [0.15, 0.2) is 16.6 Å². The zero-order valence-electron chi connectivity index (χ0n) is 10.4. The maximum Gasteiger partial charge on any atom is 0.214 e. The second kappa shape index (κ2) is 5.19. The lowest BCUT2D eigenvalue weighted by molar-refractivity contribution is 0.353. The van der Waals surface area contributed by atoms with Gasteiger partial charge < -0.3 is 4.74 Å². The van der Waals surface area contributed by atoms with E-state index in [9.17, 15) is 8.42 Å². The van der Waals surface area contributed by atoms with Crippen LogP contribution in [-0.4, -0.2) is 20.3 Å². The largest absolute Gasteiger partial charge is 0.493 e. The Morgan fingerprint density at radius 3 is 2.83 bits per heavy atom. The minimum absolute atomic E-state index is 0.266. The van der Waals surface area contributed by atoms with E-state index in [1.165, 1.54) is 0 Å². The van der Waals surface area contributed by atoms with E-state index in [0.717, 1.165) is 27.8 Å². The molecule has 0 aromatic heterocycles.